The van der Waals surface area contributed by atoms with Gasteiger partial charge in [-0.3, -0.25) is 9.48 Å². The number of carbonyl (C=O) groups is 1. The van der Waals surface area contributed by atoms with Gasteiger partial charge >= 0.3 is 0 Å². The van der Waals surface area contributed by atoms with Gasteiger partial charge in [0.1, 0.15) is 12.6 Å². The zero-order valence-corrected chi connectivity index (χ0v) is 12.0. The number of aliphatic hydroxyl groups excluding tert-OH is 1. The van der Waals surface area contributed by atoms with E-state index < -0.39 is 6.04 Å². The van der Waals surface area contributed by atoms with Crippen LogP contribution in [-0.2, 0) is 4.79 Å². The Kier molecular flexibility index (Phi) is 4.75. The van der Waals surface area contributed by atoms with Crippen molar-refractivity contribution < 1.29 is 9.90 Å². The lowest BCUT2D eigenvalue weighted by atomic mass is 10.1. The van der Waals surface area contributed by atoms with Crippen molar-refractivity contribution in [1.82, 2.24) is 9.78 Å². The van der Waals surface area contributed by atoms with Crippen LogP contribution in [0.25, 0.3) is 0 Å². The van der Waals surface area contributed by atoms with Crippen LogP contribution in [0.1, 0.15) is 24.1 Å². The minimum absolute atomic E-state index is 0.144. The van der Waals surface area contributed by atoms with E-state index in [-0.39, 0.29) is 12.5 Å². The molecular weight excluding hydrogens is 266 g/mol. The average molecular weight is 283 g/mol. The summed E-state index contributed by atoms with van der Waals surface area (Å²) >= 11 is 0. The number of aryl methyl sites for hydroxylation is 1. The Morgan fingerprint density at radius 2 is 2.33 bits per heavy atom. The number of nitrogens with one attached hydrogen (secondary N) is 1. The first-order valence-corrected chi connectivity index (χ1v) is 6.62. The molecule has 2 rings (SSSR count). The first-order chi connectivity index (χ1) is 10.1. The quantitative estimate of drug-likeness (QED) is 0.843. The van der Waals surface area contributed by atoms with Crippen LogP contribution in [0.4, 0.5) is 5.69 Å². The maximum Gasteiger partial charge on any atom is 0.248 e. The molecule has 0 aliphatic heterocycles. The number of aliphatic hydroxyl groups is 1. The van der Waals surface area contributed by atoms with Gasteiger partial charge in [0.2, 0.25) is 5.91 Å². The molecule has 0 fully saturated rings. The summed E-state index contributed by atoms with van der Waals surface area (Å²) < 4.78 is 1.60. The molecule has 1 unspecified atom stereocenters. The molecule has 1 aromatic carbocycles. The number of anilines is 1. The van der Waals surface area contributed by atoms with Crippen LogP contribution in [0, 0.1) is 18.8 Å². The Hall–Kier alpha value is -2.58. The Balaban J connectivity index is 2.16. The Bertz CT molecular complexity index is 681. The van der Waals surface area contributed by atoms with Crippen LogP contribution in [0.2, 0.25) is 0 Å². The van der Waals surface area contributed by atoms with Gasteiger partial charge in [-0.2, -0.15) is 5.10 Å². The van der Waals surface area contributed by atoms with Gasteiger partial charge in [0, 0.05) is 23.6 Å². The summed E-state index contributed by atoms with van der Waals surface area (Å²) in [6.07, 6.45) is 3.39. The third-order valence-corrected chi connectivity index (χ3v) is 3.11. The molecule has 1 amide bonds. The number of carbonyl (C=O) groups excluding carboxylic acids is 1. The highest BCUT2D eigenvalue weighted by molar-refractivity contribution is 5.94. The molecule has 0 saturated heterocycles. The lowest BCUT2D eigenvalue weighted by Crippen LogP contribution is -2.24. The molecule has 108 valence electrons. The summed E-state index contributed by atoms with van der Waals surface area (Å²) in [4.78, 5) is 12.2. The van der Waals surface area contributed by atoms with E-state index in [0.717, 1.165) is 11.1 Å². The van der Waals surface area contributed by atoms with Crippen molar-refractivity contribution in [2.75, 3.05) is 11.9 Å². The predicted octanol–water partition coefficient (Wildman–Crippen LogP) is 1.74. The van der Waals surface area contributed by atoms with Crippen LogP contribution in [0.15, 0.2) is 36.7 Å². The molecule has 1 aromatic heterocycles. The van der Waals surface area contributed by atoms with Crippen LogP contribution >= 0.6 is 0 Å². The van der Waals surface area contributed by atoms with E-state index in [4.69, 9.17) is 5.11 Å². The third kappa shape index (κ3) is 3.71. The molecule has 5 heteroatoms. The van der Waals surface area contributed by atoms with Crippen molar-refractivity contribution in [3.8, 4) is 11.8 Å². The normalized spacial score (nSPS) is 11.4. The molecule has 1 heterocycles. The maximum absolute atomic E-state index is 12.2. The smallest absolute Gasteiger partial charge is 0.248 e. The second-order valence-electron chi connectivity index (χ2n) is 4.64. The minimum Gasteiger partial charge on any atom is -0.384 e. The van der Waals surface area contributed by atoms with Gasteiger partial charge in [-0.05, 0) is 37.6 Å². The van der Waals surface area contributed by atoms with Crippen molar-refractivity contribution in [2.45, 2.75) is 19.9 Å². The van der Waals surface area contributed by atoms with Crippen molar-refractivity contribution in [3.63, 3.8) is 0 Å². The van der Waals surface area contributed by atoms with Gasteiger partial charge in [-0.15, -0.1) is 0 Å². The minimum atomic E-state index is -0.397. The molecule has 21 heavy (non-hydrogen) atoms. The van der Waals surface area contributed by atoms with Gasteiger partial charge in [0.25, 0.3) is 0 Å². The first-order valence-electron chi connectivity index (χ1n) is 6.62. The summed E-state index contributed by atoms with van der Waals surface area (Å²) in [7, 11) is 0. The predicted molar refractivity (Wildman–Crippen MR) is 80.7 cm³/mol. The number of nitrogens with zero attached hydrogens (tertiary/aromatic N) is 2. The average Bonchev–Trinajstić information content (AvgIpc) is 3.01. The zero-order valence-electron chi connectivity index (χ0n) is 12.0. The van der Waals surface area contributed by atoms with E-state index >= 15 is 0 Å². The molecule has 0 spiro atoms. The Morgan fingerprint density at radius 3 is 3.00 bits per heavy atom. The molecular formula is C16H17N3O2. The van der Waals surface area contributed by atoms with E-state index in [2.05, 4.69) is 22.3 Å². The SMILES string of the molecule is Cc1ccc(C#CCO)cc1NC(=O)C(C)n1cccn1. The molecule has 0 radical (unpaired) electrons. The van der Waals surface area contributed by atoms with Crippen molar-refractivity contribution in [3.05, 3.63) is 47.8 Å². The molecule has 0 bridgehead atoms. The molecule has 0 aliphatic carbocycles. The number of rotatable bonds is 3. The third-order valence-electron chi connectivity index (χ3n) is 3.11. The number of aromatic nitrogens is 2. The number of hydrogen-bond acceptors (Lipinski definition) is 3. The summed E-state index contributed by atoms with van der Waals surface area (Å²) in [5.74, 6) is 5.27. The summed E-state index contributed by atoms with van der Waals surface area (Å²) in [6, 6.07) is 6.91. The van der Waals surface area contributed by atoms with Gasteiger partial charge in [-0.25, -0.2) is 0 Å². The second kappa shape index (κ2) is 6.73. The van der Waals surface area contributed by atoms with E-state index in [1.54, 1.807) is 36.1 Å². The fraction of sp³-hybridized carbons (Fsp3) is 0.250. The van der Waals surface area contributed by atoms with Gasteiger partial charge in [0.05, 0.1) is 0 Å². The van der Waals surface area contributed by atoms with Crippen molar-refractivity contribution in [2.24, 2.45) is 0 Å². The Labute approximate surface area is 123 Å². The lowest BCUT2D eigenvalue weighted by molar-refractivity contribution is -0.119. The standard InChI is InChI=1S/C16H17N3O2/c1-12-6-7-14(5-3-10-20)11-15(12)18-16(21)13(2)19-9-4-8-17-19/h4,6-9,11,13,20H,10H2,1-2H3,(H,18,21). The topological polar surface area (TPSA) is 67.2 Å². The molecule has 0 saturated carbocycles. The van der Waals surface area contributed by atoms with E-state index in [1.165, 1.54) is 0 Å². The molecule has 1 atom stereocenters. The molecule has 5 nitrogen and oxygen atoms in total. The molecule has 2 aromatic rings. The van der Waals surface area contributed by atoms with Crippen LogP contribution in [-0.4, -0.2) is 27.4 Å². The van der Waals surface area contributed by atoms with Crippen molar-refractivity contribution >= 4 is 11.6 Å². The van der Waals surface area contributed by atoms with E-state index in [0.29, 0.717) is 5.69 Å². The number of amides is 1. The van der Waals surface area contributed by atoms with Crippen LogP contribution in [0.3, 0.4) is 0 Å². The second-order valence-corrected chi connectivity index (χ2v) is 4.64. The highest BCUT2D eigenvalue weighted by atomic mass is 16.2. The summed E-state index contributed by atoms with van der Waals surface area (Å²) in [5, 5.41) is 15.7. The Morgan fingerprint density at radius 1 is 1.52 bits per heavy atom. The van der Waals surface area contributed by atoms with Gasteiger partial charge in [0.15, 0.2) is 0 Å². The van der Waals surface area contributed by atoms with Crippen LogP contribution < -0.4 is 5.32 Å². The fourth-order valence-electron chi connectivity index (χ4n) is 1.84. The van der Waals surface area contributed by atoms with Gasteiger partial charge in [-0.1, -0.05) is 17.9 Å². The highest BCUT2D eigenvalue weighted by Crippen LogP contribution is 2.18. The number of hydrogen-bond donors (Lipinski definition) is 2. The number of benzene rings is 1. The van der Waals surface area contributed by atoms with Gasteiger partial charge < -0.3 is 10.4 Å². The highest BCUT2D eigenvalue weighted by Gasteiger charge is 2.15. The monoisotopic (exact) mass is 283 g/mol. The first kappa shape index (κ1) is 14.8. The fourth-order valence-corrected chi connectivity index (χ4v) is 1.84. The lowest BCUT2D eigenvalue weighted by Gasteiger charge is -2.14. The molecule has 2 N–H and O–H groups in total. The van der Waals surface area contributed by atoms with Crippen molar-refractivity contribution in [1.29, 1.82) is 0 Å². The van der Waals surface area contributed by atoms with E-state index in [9.17, 15) is 4.79 Å². The summed E-state index contributed by atoms with van der Waals surface area (Å²) in [5.41, 5.74) is 2.41. The summed E-state index contributed by atoms with van der Waals surface area (Å²) in [6.45, 7) is 3.51. The molecule has 0 aliphatic rings. The maximum atomic E-state index is 12.2. The van der Waals surface area contributed by atoms with Crippen LogP contribution in [0.5, 0.6) is 0 Å². The largest absolute Gasteiger partial charge is 0.384 e. The van der Waals surface area contributed by atoms with E-state index in [1.807, 2.05) is 19.1 Å². The zero-order chi connectivity index (χ0) is 15.2.